The van der Waals surface area contributed by atoms with Gasteiger partial charge in [-0.3, -0.25) is 4.90 Å². The van der Waals surface area contributed by atoms with Crippen molar-refractivity contribution in [3.63, 3.8) is 0 Å². The molecule has 0 radical (unpaired) electrons. The Balaban J connectivity index is 1.82. The van der Waals surface area contributed by atoms with Crippen LogP contribution in [-0.4, -0.2) is 62.8 Å². The van der Waals surface area contributed by atoms with E-state index in [4.69, 9.17) is 10.1 Å². The van der Waals surface area contributed by atoms with Gasteiger partial charge >= 0.3 is 0 Å². The maximum absolute atomic E-state index is 4.82. The molecule has 2 aromatic heterocycles. The second kappa shape index (κ2) is 7.40. The van der Waals surface area contributed by atoms with Gasteiger partial charge in [-0.25, -0.2) is 9.97 Å². The molecule has 1 saturated heterocycles. The summed E-state index contributed by atoms with van der Waals surface area (Å²) in [5.41, 5.74) is 0. The molecule has 0 saturated carbocycles. The SMILES string of the molecule is CC(C)Cc1nc(CN2CCC(N(C)C)C2)n(-c2ccccn2)n1. The molecule has 24 heavy (non-hydrogen) atoms. The van der Waals surface area contributed by atoms with E-state index in [9.17, 15) is 0 Å². The van der Waals surface area contributed by atoms with Crippen molar-refractivity contribution in [3.8, 4) is 5.82 Å². The molecule has 1 aliphatic heterocycles. The van der Waals surface area contributed by atoms with Crippen molar-refractivity contribution >= 4 is 0 Å². The van der Waals surface area contributed by atoms with Crippen LogP contribution >= 0.6 is 0 Å². The standard InChI is InChI=1S/C18H28N6/c1-14(2)11-16-20-18(13-23-10-8-15(12-23)22(3)4)24(21-16)17-7-5-6-9-19-17/h5-7,9,14-15H,8,10-13H2,1-4H3. The van der Waals surface area contributed by atoms with Gasteiger partial charge in [0.2, 0.25) is 0 Å². The zero-order valence-corrected chi connectivity index (χ0v) is 15.2. The number of likely N-dealkylation sites (tertiary alicyclic amines) is 1. The Hall–Kier alpha value is -1.79. The van der Waals surface area contributed by atoms with E-state index in [1.807, 2.05) is 22.9 Å². The van der Waals surface area contributed by atoms with Gasteiger partial charge < -0.3 is 4.90 Å². The van der Waals surface area contributed by atoms with Crippen LogP contribution in [0.2, 0.25) is 0 Å². The third-order valence-corrected chi connectivity index (χ3v) is 4.52. The summed E-state index contributed by atoms with van der Waals surface area (Å²) in [6.45, 7) is 7.41. The molecule has 0 aromatic carbocycles. The summed E-state index contributed by atoms with van der Waals surface area (Å²) >= 11 is 0. The highest BCUT2D eigenvalue weighted by Gasteiger charge is 2.26. The molecule has 130 valence electrons. The molecule has 1 fully saturated rings. The van der Waals surface area contributed by atoms with Gasteiger partial charge in [0.25, 0.3) is 0 Å². The van der Waals surface area contributed by atoms with Crippen molar-refractivity contribution in [2.75, 3.05) is 27.2 Å². The summed E-state index contributed by atoms with van der Waals surface area (Å²) < 4.78 is 1.92. The first-order chi connectivity index (χ1) is 11.5. The lowest BCUT2D eigenvalue weighted by Crippen LogP contribution is -2.31. The molecule has 6 heteroatoms. The van der Waals surface area contributed by atoms with E-state index in [0.717, 1.165) is 43.5 Å². The number of rotatable bonds is 6. The van der Waals surface area contributed by atoms with E-state index < -0.39 is 0 Å². The molecule has 0 spiro atoms. The Labute approximate surface area is 144 Å². The normalized spacial score (nSPS) is 18.8. The first kappa shape index (κ1) is 17.0. The summed E-state index contributed by atoms with van der Waals surface area (Å²) in [5.74, 6) is 3.29. The summed E-state index contributed by atoms with van der Waals surface area (Å²) in [4.78, 5) is 14.0. The molecule has 2 aromatic rings. The van der Waals surface area contributed by atoms with Gasteiger partial charge in [0.15, 0.2) is 11.6 Å². The minimum Gasteiger partial charge on any atom is -0.305 e. The Kier molecular flexibility index (Phi) is 5.26. The van der Waals surface area contributed by atoms with Crippen molar-refractivity contribution in [1.82, 2.24) is 29.5 Å². The lowest BCUT2D eigenvalue weighted by molar-refractivity contribution is 0.260. The largest absolute Gasteiger partial charge is 0.305 e. The van der Waals surface area contributed by atoms with E-state index >= 15 is 0 Å². The average Bonchev–Trinajstić information content (AvgIpc) is 3.15. The zero-order valence-electron chi connectivity index (χ0n) is 15.2. The Morgan fingerprint density at radius 2 is 2.12 bits per heavy atom. The van der Waals surface area contributed by atoms with Crippen LogP contribution in [0.25, 0.3) is 5.82 Å². The molecule has 1 aliphatic rings. The highest BCUT2D eigenvalue weighted by molar-refractivity contribution is 5.22. The second-order valence-corrected chi connectivity index (χ2v) is 7.28. The highest BCUT2D eigenvalue weighted by atomic mass is 15.4. The van der Waals surface area contributed by atoms with Crippen molar-refractivity contribution in [2.45, 2.75) is 39.3 Å². The van der Waals surface area contributed by atoms with Crippen molar-refractivity contribution in [3.05, 3.63) is 36.0 Å². The molecule has 0 bridgehead atoms. The summed E-state index contributed by atoms with van der Waals surface area (Å²) in [5, 5.41) is 4.72. The van der Waals surface area contributed by atoms with Crippen LogP contribution in [0.3, 0.4) is 0 Å². The number of likely N-dealkylation sites (N-methyl/N-ethyl adjacent to an activating group) is 1. The molecule has 3 heterocycles. The number of hydrogen-bond acceptors (Lipinski definition) is 5. The monoisotopic (exact) mass is 328 g/mol. The van der Waals surface area contributed by atoms with Crippen molar-refractivity contribution < 1.29 is 0 Å². The van der Waals surface area contributed by atoms with Gasteiger partial charge in [0.1, 0.15) is 5.82 Å². The van der Waals surface area contributed by atoms with Gasteiger partial charge in [-0.05, 0) is 38.6 Å². The zero-order chi connectivity index (χ0) is 17.1. The lowest BCUT2D eigenvalue weighted by Gasteiger charge is -2.20. The Morgan fingerprint density at radius 1 is 1.29 bits per heavy atom. The summed E-state index contributed by atoms with van der Waals surface area (Å²) in [6.07, 6.45) is 3.91. The predicted molar refractivity (Wildman–Crippen MR) is 95.1 cm³/mol. The van der Waals surface area contributed by atoms with Crippen LogP contribution in [0.5, 0.6) is 0 Å². The molecule has 0 amide bonds. The van der Waals surface area contributed by atoms with Crippen molar-refractivity contribution in [1.29, 1.82) is 0 Å². The Morgan fingerprint density at radius 3 is 2.75 bits per heavy atom. The third kappa shape index (κ3) is 3.99. The van der Waals surface area contributed by atoms with E-state index in [1.54, 1.807) is 6.20 Å². The lowest BCUT2D eigenvalue weighted by atomic mass is 10.1. The van der Waals surface area contributed by atoms with E-state index in [0.29, 0.717) is 12.0 Å². The van der Waals surface area contributed by atoms with Gasteiger partial charge in [0.05, 0.1) is 6.54 Å². The minimum atomic E-state index is 0.544. The first-order valence-corrected chi connectivity index (χ1v) is 8.78. The molecule has 3 rings (SSSR count). The van der Waals surface area contributed by atoms with Gasteiger partial charge in [-0.2, -0.15) is 4.68 Å². The quantitative estimate of drug-likeness (QED) is 0.812. The number of hydrogen-bond donors (Lipinski definition) is 0. The smallest absolute Gasteiger partial charge is 0.155 e. The third-order valence-electron chi connectivity index (χ3n) is 4.52. The van der Waals surface area contributed by atoms with Crippen LogP contribution in [0, 0.1) is 5.92 Å². The number of pyridine rings is 1. The molecule has 1 atom stereocenters. The van der Waals surface area contributed by atoms with Crippen LogP contribution in [0.4, 0.5) is 0 Å². The maximum Gasteiger partial charge on any atom is 0.155 e. The van der Waals surface area contributed by atoms with Crippen LogP contribution in [0.15, 0.2) is 24.4 Å². The molecule has 0 aliphatic carbocycles. The van der Waals surface area contributed by atoms with E-state index in [-0.39, 0.29) is 0 Å². The minimum absolute atomic E-state index is 0.544. The molecule has 6 nitrogen and oxygen atoms in total. The van der Waals surface area contributed by atoms with Crippen molar-refractivity contribution in [2.24, 2.45) is 5.92 Å². The highest BCUT2D eigenvalue weighted by Crippen LogP contribution is 2.17. The maximum atomic E-state index is 4.82. The van der Waals surface area contributed by atoms with Crippen LogP contribution in [-0.2, 0) is 13.0 Å². The molecular weight excluding hydrogens is 300 g/mol. The Bertz CT molecular complexity index is 649. The van der Waals surface area contributed by atoms with E-state index in [2.05, 4.69) is 42.7 Å². The fourth-order valence-corrected chi connectivity index (χ4v) is 3.19. The molecule has 0 N–H and O–H groups in total. The van der Waals surface area contributed by atoms with Gasteiger partial charge in [0, 0.05) is 31.7 Å². The second-order valence-electron chi connectivity index (χ2n) is 7.28. The summed E-state index contributed by atoms with van der Waals surface area (Å²) in [6, 6.07) is 6.54. The van der Waals surface area contributed by atoms with Gasteiger partial charge in [-0.15, -0.1) is 5.10 Å². The fourth-order valence-electron chi connectivity index (χ4n) is 3.19. The van der Waals surface area contributed by atoms with Crippen LogP contribution < -0.4 is 0 Å². The fraction of sp³-hybridized carbons (Fsp3) is 0.611. The first-order valence-electron chi connectivity index (χ1n) is 8.78. The molecule has 1 unspecified atom stereocenters. The summed E-state index contributed by atoms with van der Waals surface area (Å²) in [7, 11) is 4.32. The number of aromatic nitrogens is 4. The predicted octanol–water partition coefficient (Wildman–Crippen LogP) is 2.00. The van der Waals surface area contributed by atoms with Gasteiger partial charge in [-0.1, -0.05) is 19.9 Å². The number of nitrogens with zero attached hydrogens (tertiary/aromatic N) is 6. The molecular formula is C18H28N6. The van der Waals surface area contributed by atoms with Crippen LogP contribution in [0.1, 0.15) is 31.9 Å². The van der Waals surface area contributed by atoms with E-state index in [1.165, 1.54) is 6.42 Å². The average molecular weight is 328 g/mol. The topological polar surface area (TPSA) is 50.1 Å².